The molecule has 17 heavy (non-hydrogen) atoms. The van der Waals surface area contributed by atoms with E-state index in [1.165, 1.54) is 5.56 Å². The molecule has 0 atom stereocenters. The van der Waals surface area contributed by atoms with Gasteiger partial charge in [-0.05, 0) is 30.0 Å². The molecule has 1 aromatic heterocycles. The molecule has 2 aliphatic rings. The number of piperidine rings is 1. The van der Waals surface area contributed by atoms with Crippen molar-refractivity contribution in [2.24, 2.45) is 0 Å². The Bertz CT molecular complexity index is 390. The third-order valence-electron chi connectivity index (χ3n) is 3.34. The lowest BCUT2D eigenvalue weighted by Crippen LogP contribution is -2.48. The third kappa shape index (κ3) is 2.66. The first kappa shape index (κ1) is 11.9. The van der Waals surface area contributed by atoms with Gasteiger partial charge in [-0.25, -0.2) is 0 Å². The summed E-state index contributed by atoms with van der Waals surface area (Å²) in [4.78, 5) is 2.40. The van der Waals surface area contributed by atoms with Crippen LogP contribution in [0.15, 0.2) is 11.4 Å². The molecular formula is C12H16ClNO2S. The highest BCUT2D eigenvalue weighted by Gasteiger charge is 2.40. The molecule has 2 fully saturated rings. The summed E-state index contributed by atoms with van der Waals surface area (Å²) in [5.74, 6) is -0.321. The lowest BCUT2D eigenvalue weighted by atomic mass is 10.0. The molecule has 3 nitrogen and oxygen atoms in total. The monoisotopic (exact) mass is 273 g/mol. The number of ether oxygens (including phenoxy) is 2. The summed E-state index contributed by atoms with van der Waals surface area (Å²) in [6.07, 6.45) is 2.16. The first-order chi connectivity index (χ1) is 8.26. The normalized spacial score (nSPS) is 24.5. The van der Waals surface area contributed by atoms with Crippen LogP contribution < -0.4 is 0 Å². The lowest BCUT2D eigenvalue weighted by Gasteiger charge is -2.38. The van der Waals surface area contributed by atoms with E-state index in [-0.39, 0.29) is 5.79 Å². The molecule has 0 N–H and O–H groups in total. The third-order valence-corrected chi connectivity index (χ3v) is 4.48. The van der Waals surface area contributed by atoms with E-state index >= 15 is 0 Å². The summed E-state index contributed by atoms with van der Waals surface area (Å²) in [5, 5.41) is 2.12. The van der Waals surface area contributed by atoms with Gasteiger partial charge in [-0.3, -0.25) is 4.90 Å². The fourth-order valence-corrected chi connectivity index (χ4v) is 3.53. The highest BCUT2D eigenvalue weighted by atomic mass is 35.5. The summed E-state index contributed by atoms with van der Waals surface area (Å²) in [6, 6.07) is 2.05. The summed E-state index contributed by atoms with van der Waals surface area (Å²) in [6.45, 7) is 4.40. The second-order valence-electron chi connectivity index (χ2n) is 4.68. The van der Waals surface area contributed by atoms with Gasteiger partial charge in [-0.1, -0.05) is 11.6 Å². The molecule has 94 valence electrons. The Morgan fingerprint density at radius 3 is 2.94 bits per heavy atom. The Kier molecular flexibility index (Phi) is 3.41. The molecule has 2 aliphatic heterocycles. The summed E-state index contributed by atoms with van der Waals surface area (Å²) >= 11 is 7.54. The van der Waals surface area contributed by atoms with Gasteiger partial charge in [-0.2, -0.15) is 0 Å². The van der Waals surface area contributed by atoms with Crippen LogP contribution in [0.3, 0.4) is 0 Å². The molecule has 5 heteroatoms. The van der Waals surface area contributed by atoms with Crippen molar-refractivity contribution in [2.75, 3.05) is 26.3 Å². The zero-order chi connectivity index (χ0) is 11.7. The van der Waals surface area contributed by atoms with Gasteiger partial charge in [0.2, 0.25) is 0 Å². The number of nitrogens with zero attached hydrogens (tertiary/aromatic N) is 1. The van der Waals surface area contributed by atoms with Crippen molar-refractivity contribution in [3.63, 3.8) is 0 Å². The van der Waals surface area contributed by atoms with Crippen LogP contribution in [0.25, 0.3) is 0 Å². The topological polar surface area (TPSA) is 21.7 Å². The number of rotatable bonds is 2. The average Bonchev–Trinajstić information content (AvgIpc) is 2.89. The van der Waals surface area contributed by atoms with Gasteiger partial charge in [0.25, 0.3) is 0 Å². The second kappa shape index (κ2) is 4.86. The van der Waals surface area contributed by atoms with Gasteiger partial charge in [0.05, 0.1) is 24.1 Å². The van der Waals surface area contributed by atoms with E-state index in [1.54, 1.807) is 11.3 Å². The molecule has 0 radical (unpaired) electrons. The largest absolute Gasteiger partial charge is 0.346 e. The van der Waals surface area contributed by atoms with Crippen molar-refractivity contribution >= 4 is 22.9 Å². The van der Waals surface area contributed by atoms with E-state index in [4.69, 9.17) is 21.1 Å². The first-order valence-electron chi connectivity index (χ1n) is 5.99. The van der Waals surface area contributed by atoms with Gasteiger partial charge >= 0.3 is 0 Å². The van der Waals surface area contributed by atoms with E-state index in [1.807, 2.05) is 6.07 Å². The van der Waals surface area contributed by atoms with Gasteiger partial charge in [0.15, 0.2) is 5.79 Å². The minimum Gasteiger partial charge on any atom is -0.346 e. The molecule has 1 spiro atoms. The van der Waals surface area contributed by atoms with Crippen LogP contribution in [0.2, 0.25) is 4.34 Å². The van der Waals surface area contributed by atoms with Crippen molar-refractivity contribution in [3.05, 3.63) is 21.3 Å². The SMILES string of the molecule is Clc1cc(CN2CCCC3(C2)OCCO3)cs1. The van der Waals surface area contributed by atoms with E-state index < -0.39 is 0 Å². The Hall–Kier alpha value is -0.130. The Balaban J connectivity index is 1.64. The zero-order valence-corrected chi connectivity index (χ0v) is 11.2. The van der Waals surface area contributed by atoms with Crippen LogP contribution >= 0.6 is 22.9 Å². The molecular weight excluding hydrogens is 258 g/mol. The predicted octanol–water partition coefficient (Wildman–Crippen LogP) is 2.74. The minimum atomic E-state index is -0.321. The standard InChI is InChI=1S/C12H16ClNO2S/c13-11-6-10(8-17-11)7-14-3-1-2-12(9-14)15-4-5-16-12/h6,8H,1-5,7,9H2. The van der Waals surface area contributed by atoms with Crippen LogP contribution in [-0.4, -0.2) is 37.0 Å². The van der Waals surface area contributed by atoms with E-state index in [9.17, 15) is 0 Å². The maximum absolute atomic E-state index is 5.95. The maximum Gasteiger partial charge on any atom is 0.181 e. The number of hydrogen-bond acceptors (Lipinski definition) is 4. The summed E-state index contributed by atoms with van der Waals surface area (Å²) in [5.41, 5.74) is 1.29. The molecule has 0 amide bonds. The molecule has 0 unspecified atom stereocenters. The predicted molar refractivity (Wildman–Crippen MR) is 68.5 cm³/mol. The van der Waals surface area contributed by atoms with Crippen molar-refractivity contribution in [1.82, 2.24) is 4.90 Å². The van der Waals surface area contributed by atoms with E-state index in [0.29, 0.717) is 0 Å². The Morgan fingerprint density at radius 2 is 2.24 bits per heavy atom. The number of likely N-dealkylation sites (tertiary alicyclic amines) is 1. The Labute approximate surface area is 110 Å². The van der Waals surface area contributed by atoms with Crippen LogP contribution in [0.5, 0.6) is 0 Å². The van der Waals surface area contributed by atoms with E-state index in [2.05, 4.69) is 10.3 Å². The van der Waals surface area contributed by atoms with Crippen molar-refractivity contribution < 1.29 is 9.47 Å². The average molecular weight is 274 g/mol. The molecule has 1 aromatic rings. The smallest absolute Gasteiger partial charge is 0.181 e. The van der Waals surface area contributed by atoms with Crippen molar-refractivity contribution in [3.8, 4) is 0 Å². The molecule has 3 heterocycles. The zero-order valence-electron chi connectivity index (χ0n) is 9.65. The number of thiophene rings is 1. The molecule has 3 rings (SSSR count). The fraction of sp³-hybridized carbons (Fsp3) is 0.667. The van der Waals surface area contributed by atoms with Crippen LogP contribution in [-0.2, 0) is 16.0 Å². The number of halogens is 1. The molecule has 0 aliphatic carbocycles. The highest BCUT2D eigenvalue weighted by molar-refractivity contribution is 7.14. The van der Waals surface area contributed by atoms with Crippen LogP contribution in [0.1, 0.15) is 18.4 Å². The molecule has 0 aromatic carbocycles. The van der Waals surface area contributed by atoms with Crippen LogP contribution in [0.4, 0.5) is 0 Å². The maximum atomic E-state index is 5.95. The molecule has 2 saturated heterocycles. The summed E-state index contributed by atoms with van der Waals surface area (Å²) < 4.78 is 12.4. The Morgan fingerprint density at radius 1 is 1.41 bits per heavy atom. The quantitative estimate of drug-likeness (QED) is 0.827. The number of hydrogen-bond donors (Lipinski definition) is 0. The molecule has 0 bridgehead atoms. The lowest BCUT2D eigenvalue weighted by molar-refractivity contribution is -0.190. The minimum absolute atomic E-state index is 0.321. The van der Waals surface area contributed by atoms with Crippen molar-refractivity contribution in [2.45, 2.75) is 25.2 Å². The first-order valence-corrected chi connectivity index (χ1v) is 7.25. The molecule has 0 saturated carbocycles. The van der Waals surface area contributed by atoms with Gasteiger partial charge < -0.3 is 9.47 Å². The van der Waals surface area contributed by atoms with Crippen molar-refractivity contribution in [1.29, 1.82) is 0 Å². The summed E-state index contributed by atoms with van der Waals surface area (Å²) in [7, 11) is 0. The second-order valence-corrected chi connectivity index (χ2v) is 6.22. The van der Waals surface area contributed by atoms with Crippen LogP contribution in [0, 0.1) is 0 Å². The van der Waals surface area contributed by atoms with Gasteiger partial charge in [0.1, 0.15) is 0 Å². The highest BCUT2D eigenvalue weighted by Crippen LogP contribution is 2.31. The fourth-order valence-electron chi connectivity index (χ4n) is 2.63. The van der Waals surface area contributed by atoms with E-state index in [0.717, 1.165) is 50.0 Å². The van der Waals surface area contributed by atoms with Gasteiger partial charge in [0, 0.05) is 13.0 Å². The van der Waals surface area contributed by atoms with Gasteiger partial charge in [-0.15, -0.1) is 11.3 Å².